The molecule has 1 unspecified atom stereocenters. The van der Waals surface area contributed by atoms with E-state index < -0.39 is 32.9 Å². The number of rotatable bonds is 2. The standard InChI is InChI=1S/C13H15F3N2O3S/c1-22(20,21)11-5-6-18(8-11)12(19)17-10-4-2-3-9(7-10)13(14,15)16/h2-4,7,11H,5-6,8H2,1H3,(H,17,19). The minimum absolute atomic E-state index is 0.0163. The Balaban J connectivity index is 2.05. The van der Waals surface area contributed by atoms with Gasteiger partial charge >= 0.3 is 12.2 Å². The van der Waals surface area contributed by atoms with E-state index >= 15 is 0 Å². The van der Waals surface area contributed by atoms with Crippen LogP contribution in [0.1, 0.15) is 12.0 Å². The van der Waals surface area contributed by atoms with E-state index in [0.717, 1.165) is 18.4 Å². The van der Waals surface area contributed by atoms with Gasteiger partial charge in [-0.1, -0.05) is 6.07 Å². The van der Waals surface area contributed by atoms with Crippen molar-refractivity contribution in [3.63, 3.8) is 0 Å². The Labute approximate surface area is 126 Å². The van der Waals surface area contributed by atoms with Gasteiger partial charge in [-0.05, 0) is 24.6 Å². The maximum Gasteiger partial charge on any atom is 0.416 e. The SMILES string of the molecule is CS(=O)(=O)C1CCN(C(=O)Nc2cccc(C(F)(F)F)c2)C1. The van der Waals surface area contributed by atoms with Crippen LogP contribution in [0.5, 0.6) is 0 Å². The lowest BCUT2D eigenvalue weighted by Crippen LogP contribution is -2.34. The molecule has 1 aliphatic rings. The number of sulfone groups is 1. The number of anilines is 1. The number of hydrogen-bond donors (Lipinski definition) is 1. The summed E-state index contributed by atoms with van der Waals surface area (Å²) in [6, 6.07) is 3.68. The molecule has 1 aromatic rings. The largest absolute Gasteiger partial charge is 0.416 e. The molecule has 2 amide bonds. The zero-order valence-corrected chi connectivity index (χ0v) is 12.5. The van der Waals surface area contributed by atoms with Crippen LogP contribution >= 0.6 is 0 Å². The summed E-state index contributed by atoms with van der Waals surface area (Å²) in [7, 11) is -3.24. The monoisotopic (exact) mass is 336 g/mol. The van der Waals surface area contributed by atoms with Crippen molar-refractivity contribution in [3.05, 3.63) is 29.8 Å². The zero-order chi connectivity index (χ0) is 16.5. The Bertz CT molecular complexity index is 673. The molecule has 22 heavy (non-hydrogen) atoms. The van der Waals surface area contributed by atoms with Gasteiger partial charge in [0.25, 0.3) is 0 Å². The van der Waals surface area contributed by atoms with Crippen molar-refractivity contribution in [2.75, 3.05) is 24.7 Å². The normalized spacial score (nSPS) is 19.3. The molecule has 0 spiro atoms. The van der Waals surface area contributed by atoms with Crippen LogP contribution < -0.4 is 5.32 Å². The molecule has 1 atom stereocenters. The Kier molecular flexibility index (Phi) is 4.37. The van der Waals surface area contributed by atoms with Gasteiger partial charge in [-0.25, -0.2) is 13.2 Å². The van der Waals surface area contributed by atoms with E-state index in [4.69, 9.17) is 0 Å². The first-order valence-corrected chi connectivity index (χ1v) is 8.45. The third-order valence-corrected chi connectivity index (χ3v) is 5.07. The average molecular weight is 336 g/mol. The summed E-state index contributed by atoms with van der Waals surface area (Å²) in [6.07, 6.45) is -3.06. The van der Waals surface area contributed by atoms with Crippen LogP contribution in [0.25, 0.3) is 0 Å². The Hall–Kier alpha value is -1.77. The second-order valence-electron chi connectivity index (χ2n) is 5.19. The van der Waals surface area contributed by atoms with Crippen molar-refractivity contribution in [1.82, 2.24) is 4.90 Å². The smallest absolute Gasteiger partial charge is 0.323 e. The van der Waals surface area contributed by atoms with Crippen LogP contribution in [-0.4, -0.2) is 43.9 Å². The van der Waals surface area contributed by atoms with Gasteiger partial charge in [0.15, 0.2) is 9.84 Å². The number of halogens is 3. The molecular weight excluding hydrogens is 321 g/mol. The summed E-state index contributed by atoms with van der Waals surface area (Å²) in [5.74, 6) is 0. The van der Waals surface area contributed by atoms with Gasteiger partial charge in [0.1, 0.15) is 0 Å². The lowest BCUT2D eigenvalue weighted by atomic mass is 10.2. The fourth-order valence-electron chi connectivity index (χ4n) is 2.24. The number of hydrogen-bond acceptors (Lipinski definition) is 3. The molecule has 0 bridgehead atoms. The maximum absolute atomic E-state index is 12.6. The van der Waals surface area contributed by atoms with Crippen molar-refractivity contribution >= 4 is 21.6 Å². The molecule has 1 N–H and O–H groups in total. The maximum atomic E-state index is 12.6. The second kappa shape index (κ2) is 5.79. The average Bonchev–Trinajstić information content (AvgIpc) is 2.87. The number of amides is 2. The van der Waals surface area contributed by atoms with E-state index in [0.29, 0.717) is 6.42 Å². The summed E-state index contributed by atoms with van der Waals surface area (Å²) in [4.78, 5) is 13.3. The van der Waals surface area contributed by atoms with Gasteiger partial charge in [-0.2, -0.15) is 13.2 Å². The highest BCUT2D eigenvalue weighted by Gasteiger charge is 2.33. The molecular formula is C13H15F3N2O3S. The molecule has 1 fully saturated rings. The fourth-order valence-corrected chi connectivity index (χ4v) is 3.22. The Morgan fingerprint density at radius 3 is 2.59 bits per heavy atom. The van der Waals surface area contributed by atoms with Gasteiger partial charge in [-0.15, -0.1) is 0 Å². The van der Waals surface area contributed by atoms with E-state index in [2.05, 4.69) is 5.32 Å². The van der Waals surface area contributed by atoms with Crippen molar-refractivity contribution in [3.8, 4) is 0 Å². The molecule has 0 saturated carbocycles. The number of carbonyl (C=O) groups excluding carboxylic acids is 1. The van der Waals surface area contributed by atoms with Crippen LogP contribution in [0.2, 0.25) is 0 Å². The van der Waals surface area contributed by atoms with Crippen molar-refractivity contribution in [2.45, 2.75) is 17.8 Å². The molecule has 9 heteroatoms. The number of nitrogens with one attached hydrogen (secondary N) is 1. The third-order valence-electron chi connectivity index (χ3n) is 3.48. The summed E-state index contributed by atoms with van der Waals surface area (Å²) >= 11 is 0. The molecule has 1 heterocycles. The number of benzene rings is 1. The highest BCUT2D eigenvalue weighted by atomic mass is 32.2. The van der Waals surface area contributed by atoms with Crippen molar-refractivity contribution < 1.29 is 26.4 Å². The van der Waals surface area contributed by atoms with Gasteiger partial charge in [0.05, 0.1) is 10.8 Å². The number of urea groups is 1. The highest BCUT2D eigenvalue weighted by molar-refractivity contribution is 7.91. The van der Waals surface area contributed by atoms with Gasteiger partial charge in [0, 0.05) is 25.0 Å². The van der Waals surface area contributed by atoms with Crippen LogP contribution in [0.3, 0.4) is 0 Å². The molecule has 122 valence electrons. The highest BCUT2D eigenvalue weighted by Crippen LogP contribution is 2.30. The van der Waals surface area contributed by atoms with Crippen LogP contribution in [0.15, 0.2) is 24.3 Å². The quantitative estimate of drug-likeness (QED) is 0.901. The molecule has 1 aromatic carbocycles. The number of carbonyl (C=O) groups is 1. The topological polar surface area (TPSA) is 66.5 Å². The summed E-state index contributed by atoms with van der Waals surface area (Å²) in [6.45, 7) is 0.298. The van der Waals surface area contributed by atoms with Gasteiger partial charge in [-0.3, -0.25) is 0 Å². The summed E-state index contributed by atoms with van der Waals surface area (Å²) in [5.41, 5.74) is -0.844. The summed E-state index contributed by atoms with van der Waals surface area (Å²) < 4.78 is 60.7. The molecule has 1 saturated heterocycles. The van der Waals surface area contributed by atoms with Crippen molar-refractivity contribution in [1.29, 1.82) is 0 Å². The zero-order valence-electron chi connectivity index (χ0n) is 11.7. The first kappa shape index (κ1) is 16.6. The minimum Gasteiger partial charge on any atom is -0.323 e. The summed E-state index contributed by atoms with van der Waals surface area (Å²) in [5, 5.41) is 1.74. The lowest BCUT2D eigenvalue weighted by molar-refractivity contribution is -0.137. The Morgan fingerprint density at radius 1 is 1.36 bits per heavy atom. The van der Waals surface area contributed by atoms with Gasteiger partial charge < -0.3 is 10.2 Å². The van der Waals surface area contributed by atoms with E-state index in [9.17, 15) is 26.4 Å². The molecule has 0 aliphatic carbocycles. The molecule has 0 radical (unpaired) electrons. The van der Waals surface area contributed by atoms with Gasteiger partial charge in [0.2, 0.25) is 0 Å². The van der Waals surface area contributed by atoms with E-state index in [1.54, 1.807) is 0 Å². The molecule has 1 aliphatic heterocycles. The van der Waals surface area contributed by atoms with E-state index in [1.807, 2.05) is 0 Å². The Morgan fingerprint density at radius 2 is 2.05 bits per heavy atom. The molecule has 2 rings (SSSR count). The van der Waals surface area contributed by atoms with Crippen molar-refractivity contribution in [2.24, 2.45) is 0 Å². The fraction of sp³-hybridized carbons (Fsp3) is 0.462. The van der Waals surface area contributed by atoms with Crippen LogP contribution in [0, 0.1) is 0 Å². The lowest BCUT2D eigenvalue weighted by Gasteiger charge is -2.17. The van der Waals surface area contributed by atoms with Crippen LogP contribution in [0.4, 0.5) is 23.7 Å². The number of alkyl halides is 3. The first-order valence-electron chi connectivity index (χ1n) is 6.49. The first-order chi connectivity index (χ1) is 10.1. The van der Waals surface area contributed by atoms with Crippen LogP contribution in [-0.2, 0) is 16.0 Å². The van der Waals surface area contributed by atoms with E-state index in [1.165, 1.54) is 17.0 Å². The predicted molar refractivity (Wildman–Crippen MR) is 75.3 cm³/mol. The van der Waals surface area contributed by atoms with E-state index in [-0.39, 0.29) is 18.8 Å². The third kappa shape index (κ3) is 3.90. The second-order valence-corrected chi connectivity index (χ2v) is 7.52. The number of nitrogens with zero attached hydrogens (tertiary/aromatic N) is 1. The predicted octanol–water partition coefficient (Wildman–Crippen LogP) is 2.36. The molecule has 0 aromatic heterocycles. The molecule has 5 nitrogen and oxygen atoms in total. The minimum atomic E-state index is -4.49. The number of likely N-dealkylation sites (tertiary alicyclic amines) is 1.